The third-order valence-corrected chi connectivity index (χ3v) is 4.78. The van der Waals surface area contributed by atoms with Crippen LogP contribution in [0, 0.1) is 11.8 Å². The summed E-state index contributed by atoms with van der Waals surface area (Å²) in [6.45, 7) is 4.07. The van der Waals surface area contributed by atoms with E-state index in [2.05, 4.69) is 10.6 Å². The number of nitrogens with one attached hydrogen (secondary N) is 2. The number of rotatable bonds is 5. The van der Waals surface area contributed by atoms with Gasteiger partial charge in [0.1, 0.15) is 6.54 Å². The normalized spacial score (nSPS) is 15.8. The number of carbonyl (C=O) groups is 2. The largest absolute Gasteiger partial charge is 0.347 e. The van der Waals surface area contributed by atoms with E-state index in [-0.39, 0.29) is 24.3 Å². The molecule has 1 aromatic heterocycles. The molecular weight excluding hydrogens is 304 g/mol. The lowest BCUT2D eigenvalue weighted by atomic mass is 9.88. The minimum absolute atomic E-state index is 0.0101. The van der Waals surface area contributed by atoms with Crippen LogP contribution in [0.1, 0.15) is 6.92 Å². The van der Waals surface area contributed by atoms with E-state index in [9.17, 15) is 9.59 Å². The fraction of sp³-hybridized carbons (Fsp3) is 0.444. The molecule has 2 N–H and O–H groups in total. The number of benzene rings is 1. The van der Waals surface area contributed by atoms with Gasteiger partial charge in [0, 0.05) is 31.9 Å². The van der Waals surface area contributed by atoms with Crippen molar-refractivity contribution < 1.29 is 9.59 Å². The van der Waals surface area contributed by atoms with Crippen molar-refractivity contribution in [3.8, 4) is 0 Å². The predicted octanol–water partition coefficient (Wildman–Crippen LogP) is 1.52. The Morgan fingerprint density at radius 2 is 2.08 bits per heavy atom. The molecule has 1 aromatic carbocycles. The maximum Gasteiger partial charge on any atom is 0.241 e. The van der Waals surface area contributed by atoms with Crippen LogP contribution in [-0.2, 0) is 16.1 Å². The second-order valence-corrected chi connectivity index (χ2v) is 6.70. The third kappa shape index (κ3) is 3.28. The molecule has 0 aliphatic carbocycles. The van der Waals surface area contributed by atoms with Crippen molar-refractivity contribution in [2.75, 3.05) is 32.5 Å². The van der Waals surface area contributed by atoms with E-state index in [0.29, 0.717) is 5.92 Å². The summed E-state index contributed by atoms with van der Waals surface area (Å²) >= 11 is 0. The Kier molecular flexibility index (Phi) is 4.57. The van der Waals surface area contributed by atoms with Crippen LogP contribution in [0.5, 0.6) is 0 Å². The molecule has 0 bridgehead atoms. The fourth-order valence-electron chi connectivity index (χ4n) is 2.82. The number of amides is 2. The van der Waals surface area contributed by atoms with Gasteiger partial charge < -0.3 is 20.1 Å². The highest BCUT2D eigenvalue weighted by atomic mass is 16.2. The van der Waals surface area contributed by atoms with Crippen molar-refractivity contribution in [3.63, 3.8) is 0 Å². The Morgan fingerprint density at radius 3 is 2.71 bits per heavy atom. The van der Waals surface area contributed by atoms with E-state index < -0.39 is 0 Å². The summed E-state index contributed by atoms with van der Waals surface area (Å²) < 4.78 is 1.91. The molecule has 1 unspecified atom stereocenters. The first-order valence-corrected chi connectivity index (χ1v) is 8.26. The zero-order valence-electron chi connectivity index (χ0n) is 14.4. The second-order valence-electron chi connectivity index (χ2n) is 6.70. The summed E-state index contributed by atoms with van der Waals surface area (Å²) in [6.07, 6.45) is 1.90. The number of aromatic nitrogens is 1. The summed E-state index contributed by atoms with van der Waals surface area (Å²) in [5.74, 6) is 0.482. The van der Waals surface area contributed by atoms with Crippen molar-refractivity contribution in [2.24, 2.45) is 11.8 Å². The van der Waals surface area contributed by atoms with Crippen molar-refractivity contribution in [1.29, 1.82) is 0 Å². The Morgan fingerprint density at radius 1 is 1.33 bits per heavy atom. The van der Waals surface area contributed by atoms with Gasteiger partial charge in [0.2, 0.25) is 11.8 Å². The zero-order valence-corrected chi connectivity index (χ0v) is 14.4. The average Bonchev–Trinajstić information content (AvgIpc) is 2.87. The molecule has 2 heterocycles. The number of anilines is 1. The van der Waals surface area contributed by atoms with Gasteiger partial charge in [-0.1, -0.05) is 13.0 Å². The number of fused-ring (bicyclic) bond motifs is 1. The molecule has 24 heavy (non-hydrogen) atoms. The Balaban J connectivity index is 1.77. The molecule has 3 rings (SSSR count). The molecule has 1 fully saturated rings. The zero-order chi connectivity index (χ0) is 17.3. The van der Waals surface area contributed by atoms with E-state index in [1.165, 1.54) is 0 Å². The van der Waals surface area contributed by atoms with E-state index in [1.807, 2.05) is 42.0 Å². The van der Waals surface area contributed by atoms with Crippen molar-refractivity contribution in [2.45, 2.75) is 13.5 Å². The van der Waals surface area contributed by atoms with Gasteiger partial charge >= 0.3 is 0 Å². The lowest BCUT2D eigenvalue weighted by molar-refractivity contribution is -0.129. The maximum absolute atomic E-state index is 12.4. The number of hydrogen-bond acceptors (Lipinski definition) is 3. The first-order valence-electron chi connectivity index (χ1n) is 8.26. The number of hydrogen-bond donors (Lipinski definition) is 2. The van der Waals surface area contributed by atoms with Gasteiger partial charge in [-0.15, -0.1) is 0 Å². The SMILES string of the molecule is CC(C(=O)Nc1ccc2ccn(CC(=O)N(C)C)c2c1)C1CNC1. The highest BCUT2D eigenvalue weighted by Gasteiger charge is 2.28. The second kappa shape index (κ2) is 6.65. The van der Waals surface area contributed by atoms with Crippen LogP contribution in [0.4, 0.5) is 5.69 Å². The minimum Gasteiger partial charge on any atom is -0.347 e. The van der Waals surface area contributed by atoms with Crippen LogP contribution in [0.2, 0.25) is 0 Å². The minimum atomic E-state index is -0.0101. The van der Waals surface area contributed by atoms with E-state index in [0.717, 1.165) is 29.7 Å². The summed E-state index contributed by atoms with van der Waals surface area (Å²) in [4.78, 5) is 25.9. The quantitative estimate of drug-likeness (QED) is 0.875. The summed E-state index contributed by atoms with van der Waals surface area (Å²) in [7, 11) is 3.49. The fourth-order valence-corrected chi connectivity index (χ4v) is 2.82. The monoisotopic (exact) mass is 328 g/mol. The maximum atomic E-state index is 12.4. The molecule has 0 saturated carbocycles. The molecule has 128 valence electrons. The van der Waals surface area contributed by atoms with Crippen LogP contribution in [0.25, 0.3) is 10.9 Å². The molecule has 1 saturated heterocycles. The van der Waals surface area contributed by atoms with E-state index in [4.69, 9.17) is 0 Å². The van der Waals surface area contributed by atoms with Gasteiger partial charge in [0.15, 0.2) is 0 Å². The smallest absolute Gasteiger partial charge is 0.241 e. The molecule has 6 nitrogen and oxygen atoms in total. The predicted molar refractivity (Wildman–Crippen MR) is 94.8 cm³/mol. The molecule has 6 heteroatoms. The highest BCUT2D eigenvalue weighted by molar-refractivity contribution is 5.95. The summed E-state index contributed by atoms with van der Waals surface area (Å²) in [5, 5.41) is 7.25. The molecule has 1 aliphatic rings. The number of carbonyl (C=O) groups excluding carboxylic acids is 2. The van der Waals surface area contributed by atoms with Crippen LogP contribution in [0.3, 0.4) is 0 Å². The van der Waals surface area contributed by atoms with Crippen LogP contribution < -0.4 is 10.6 Å². The lowest BCUT2D eigenvalue weighted by Crippen LogP contribution is -2.48. The molecule has 1 aliphatic heterocycles. The molecule has 0 radical (unpaired) electrons. The molecular formula is C18H24N4O2. The Bertz CT molecular complexity index is 761. The van der Waals surface area contributed by atoms with Gasteiger partial charge in [-0.05, 0) is 42.6 Å². The van der Waals surface area contributed by atoms with Crippen LogP contribution in [0.15, 0.2) is 30.5 Å². The van der Waals surface area contributed by atoms with E-state index in [1.54, 1.807) is 19.0 Å². The molecule has 1 atom stereocenters. The first kappa shape index (κ1) is 16.5. The van der Waals surface area contributed by atoms with Crippen molar-refractivity contribution in [3.05, 3.63) is 30.5 Å². The Hall–Kier alpha value is -2.34. The number of likely N-dealkylation sites (N-methyl/N-ethyl adjacent to an activating group) is 1. The van der Waals surface area contributed by atoms with Gasteiger partial charge in [0.25, 0.3) is 0 Å². The van der Waals surface area contributed by atoms with Crippen LogP contribution in [-0.4, -0.2) is 48.5 Å². The van der Waals surface area contributed by atoms with Gasteiger partial charge in [-0.25, -0.2) is 0 Å². The van der Waals surface area contributed by atoms with Gasteiger partial charge in [0.05, 0.1) is 5.52 Å². The molecule has 2 amide bonds. The molecule has 0 spiro atoms. The number of nitrogens with zero attached hydrogens (tertiary/aromatic N) is 2. The van der Waals surface area contributed by atoms with Crippen molar-refractivity contribution >= 4 is 28.4 Å². The summed E-state index contributed by atoms with van der Waals surface area (Å²) in [5.41, 5.74) is 1.71. The van der Waals surface area contributed by atoms with Crippen molar-refractivity contribution in [1.82, 2.24) is 14.8 Å². The Labute approximate surface area is 141 Å². The van der Waals surface area contributed by atoms with E-state index >= 15 is 0 Å². The van der Waals surface area contributed by atoms with Crippen LogP contribution >= 0.6 is 0 Å². The lowest BCUT2D eigenvalue weighted by Gasteiger charge is -2.31. The average molecular weight is 328 g/mol. The highest BCUT2D eigenvalue weighted by Crippen LogP contribution is 2.23. The third-order valence-electron chi connectivity index (χ3n) is 4.78. The summed E-state index contributed by atoms with van der Waals surface area (Å²) in [6, 6.07) is 7.79. The standard InChI is InChI=1S/C18H24N4O2/c1-12(14-9-19-10-14)18(24)20-15-5-4-13-6-7-22(16(13)8-15)11-17(23)21(2)3/h4-8,12,14,19H,9-11H2,1-3H3,(H,20,24). The topological polar surface area (TPSA) is 66.4 Å². The first-order chi connectivity index (χ1) is 11.5. The van der Waals surface area contributed by atoms with Gasteiger partial charge in [-0.3, -0.25) is 9.59 Å². The van der Waals surface area contributed by atoms with Gasteiger partial charge in [-0.2, -0.15) is 0 Å². The molecule has 2 aromatic rings.